The number of hydrogen-bond donors (Lipinski definition) is 0. The minimum absolute atomic E-state index is 0.625. The molecule has 0 heterocycles. The van der Waals surface area contributed by atoms with Gasteiger partial charge in [0.15, 0.2) is 0 Å². The molecule has 3 nitrogen and oxygen atoms in total. The van der Waals surface area contributed by atoms with E-state index in [9.17, 15) is 3.50 Å². The third kappa shape index (κ3) is 5.66. The molecule has 0 fully saturated rings. The van der Waals surface area contributed by atoms with Crippen LogP contribution in [0.4, 0.5) is 3.50 Å². The maximum atomic E-state index is 14.8. The van der Waals surface area contributed by atoms with Crippen LogP contribution in [0.1, 0.15) is 46.5 Å². The van der Waals surface area contributed by atoms with Gasteiger partial charge in [0.05, 0.1) is 0 Å². The summed E-state index contributed by atoms with van der Waals surface area (Å²) >= 11 is -7.31. The van der Waals surface area contributed by atoms with E-state index in [1.165, 1.54) is 0 Å². The molecule has 0 saturated heterocycles. The summed E-state index contributed by atoms with van der Waals surface area (Å²) in [6.45, 7) is 8.11. The first kappa shape index (κ1) is 20.8. The van der Waals surface area contributed by atoms with Crippen LogP contribution in [0.15, 0.2) is 19.8 Å². The molecule has 0 bridgehead atoms. The Labute approximate surface area is 144 Å². The van der Waals surface area contributed by atoms with Crippen molar-refractivity contribution in [2.24, 2.45) is 0 Å². The molecule has 0 unspecified atom stereocenters. The summed E-state index contributed by atoms with van der Waals surface area (Å²) in [5.74, 6) is 3.56. The van der Waals surface area contributed by atoms with E-state index in [-0.39, 0.29) is 0 Å². The van der Waals surface area contributed by atoms with Gasteiger partial charge in [0.25, 0.3) is 0 Å². The predicted molar refractivity (Wildman–Crippen MR) is 88.1 cm³/mol. The quantitative estimate of drug-likeness (QED) is 0.407. The van der Waals surface area contributed by atoms with E-state index in [0.717, 1.165) is 33.4 Å². The van der Waals surface area contributed by atoms with Gasteiger partial charge in [-0.25, -0.2) is 0 Å². The van der Waals surface area contributed by atoms with Crippen molar-refractivity contribution in [3.63, 3.8) is 0 Å². The SMILES string of the molecule is CCC[O][Zr]([O]CCC)([O]CCC)[C]1=[C]([Ge]([CH3])([CH3])[F])C=CC1. The Hall–Kier alpha value is 0.716. The Morgan fingerprint density at radius 3 is 1.82 bits per heavy atom. The fourth-order valence-electron chi connectivity index (χ4n) is 2.45. The molecule has 1 aliphatic carbocycles. The van der Waals surface area contributed by atoms with Gasteiger partial charge >= 0.3 is 145 Å². The van der Waals surface area contributed by atoms with E-state index < -0.39 is 35.3 Å². The van der Waals surface area contributed by atoms with Crippen LogP contribution in [-0.2, 0) is 30.0 Å². The molecule has 0 atom stereocenters. The molecule has 1 rings (SSSR count). The Kier molecular flexibility index (Phi) is 9.32. The minimum atomic E-state index is -3.88. The average Bonchev–Trinajstić information content (AvgIpc) is 2.97. The van der Waals surface area contributed by atoms with Gasteiger partial charge < -0.3 is 0 Å². The summed E-state index contributed by atoms with van der Waals surface area (Å²) in [6.07, 6.45) is 7.49. The first-order valence-electron chi connectivity index (χ1n) is 8.42. The zero-order valence-corrected chi connectivity index (χ0v) is 19.3. The summed E-state index contributed by atoms with van der Waals surface area (Å²) in [7, 11) is 0. The van der Waals surface area contributed by atoms with Gasteiger partial charge in [-0.2, -0.15) is 0 Å². The van der Waals surface area contributed by atoms with Crippen LogP contribution in [0, 0.1) is 0 Å². The van der Waals surface area contributed by atoms with Crippen LogP contribution >= 0.6 is 0 Å². The molecule has 128 valence electrons. The van der Waals surface area contributed by atoms with Crippen molar-refractivity contribution in [2.45, 2.75) is 58.0 Å². The van der Waals surface area contributed by atoms with Crippen LogP contribution in [-0.4, -0.2) is 33.6 Å². The van der Waals surface area contributed by atoms with Crippen LogP contribution < -0.4 is 0 Å². The fraction of sp³-hybridized carbons (Fsp3) is 0.750. The summed E-state index contributed by atoms with van der Waals surface area (Å²) in [6, 6.07) is 0. The molecule has 0 spiro atoms. The Morgan fingerprint density at radius 2 is 1.45 bits per heavy atom. The van der Waals surface area contributed by atoms with Crippen molar-refractivity contribution in [1.29, 1.82) is 0 Å². The molecular formula is C16H31FGeO3Zr. The monoisotopic (exact) mass is 454 g/mol. The molecule has 0 radical (unpaired) electrons. The summed E-state index contributed by atoms with van der Waals surface area (Å²) in [4.78, 5) is 0. The molecule has 22 heavy (non-hydrogen) atoms. The molecular weight excluding hydrogens is 423 g/mol. The molecule has 1 aliphatic rings. The number of halogens is 1. The number of rotatable bonds is 11. The maximum absolute atomic E-state index is 14.8. The van der Waals surface area contributed by atoms with Crippen molar-refractivity contribution in [2.75, 3.05) is 19.8 Å². The topological polar surface area (TPSA) is 27.7 Å². The Balaban J connectivity index is 3.19. The molecule has 0 aliphatic heterocycles. The van der Waals surface area contributed by atoms with E-state index in [2.05, 4.69) is 20.8 Å². The molecule has 0 aromatic rings. The summed E-state index contributed by atoms with van der Waals surface area (Å²) in [5.41, 5.74) is 0. The third-order valence-electron chi connectivity index (χ3n) is 3.43. The van der Waals surface area contributed by atoms with Crippen molar-refractivity contribution >= 4 is 13.7 Å². The van der Waals surface area contributed by atoms with Gasteiger partial charge in [-0.05, 0) is 0 Å². The van der Waals surface area contributed by atoms with Gasteiger partial charge in [-0.1, -0.05) is 0 Å². The van der Waals surface area contributed by atoms with Gasteiger partial charge in [0, 0.05) is 0 Å². The van der Waals surface area contributed by atoms with E-state index in [0.29, 0.717) is 19.8 Å². The second kappa shape index (κ2) is 9.88. The van der Waals surface area contributed by atoms with Gasteiger partial charge in [0.2, 0.25) is 0 Å². The molecule has 0 saturated carbocycles. The zero-order chi connectivity index (χ0) is 16.6. The van der Waals surface area contributed by atoms with Gasteiger partial charge in [-0.3, -0.25) is 0 Å². The van der Waals surface area contributed by atoms with Crippen molar-refractivity contribution in [1.82, 2.24) is 0 Å². The first-order valence-corrected chi connectivity index (χ1v) is 18.7. The summed E-state index contributed by atoms with van der Waals surface area (Å²) in [5, 5.41) is 0. The van der Waals surface area contributed by atoms with Crippen LogP contribution in [0.3, 0.4) is 0 Å². The van der Waals surface area contributed by atoms with E-state index in [1.54, 1.807) is 11.5 Å². The first-order chi connectivity index (χ1) is 10.4. The van der Waals surface area contributed by atoms with E-state index in [4.69, 9.17) is 8.44 Å². The van der Waals surface area contributed by atoms with Crippen molar-refractivity contribution in [3.8, 4) is 0 Å². The molecule has 0 N–H and O–H groups in total. The molecule has 0 aromatic carbocycles. The average molecular weight is 454 g/mol. The second-order valence-electron chi connectivity index (χ2n) is 6.07. The zero-order valence-electron chi connectivity index (χ0n) is 14.7. The summed E-state index contributed by atoms with van der Waals surface area (Å²) < 4.78 is 35.4. The Morgan fingerprint density at radius 1 is 1.00 bits per heavy atom. The van der Waals surface area contributed by atoms with Crippen LogP contribution in [0.5, 0.6) is 0 Å². The van der Waals surface area contributed by atoms with E-state index in [1.807, 2.05) is 12.2 Å². The van der Waals surface area contributed by atoms with Crippen molar-refractivity contribution < 1.29 is 33.5 Å². The molecule has 6 heteroatoms. The third-order valence-corrected chi connectivity index (χ3v) is 15.7. The molecule has 0 aromatic heterocycles. The van der Waals surface area contributed by atoms with Gasteiger partial charge in [-0.15, -0.1) is 0 Å². The Bertz CT molecular complexity index is 383. The van der Waals surface area contributed by atoms with E-state index >= 15 is 0 Å². The predicted octanol–water partition coefficient (Wildman–Crippen LogP) is 5.09. The van der Waals surface area contributed by atoms with Crippen molar-refractivity contribution in [3.05, 3.63) is 19.8 Å². The van der Waals surface area contributed by atoms with Crippen LogP contribution in [0.25, 0.3) is 0 Å². The molecule has 0 amide bonds. The van der Waals surface area contributed by atoms with Gasteiger partial charge in [0.1, 0.15) is 0 Å². The normalized spacial score (nSPS) is 15.9. The number of hydrogen-bond acceptors (Lipinski definition) is 3. The number of allylic oxidation sites excluding steroid dienone is 4. The fourth-order valence-corrected chi connectivity index (χ4v) is 18.2. The second-order valence-corrected chi connectivity index (χ2v) is 19.7. The van der Waals surface area contributed by atoms with Crippen LogP contribution in [0.2, 0.25) is 11.5 Å². The standard InChI is InChI=1S/C7H10FGe.3C3H7O.Zr/c1-9(2,8)7-5-3-4-6-7;3*1-2-3-4;/h3,5H,4H2,1-2H3;3*2-3H2,1H3;/q;3*-1;+3.